The summed E-state index contributed by atoms with van der Waals surface area (Å²) in [5.74, 6) is 1.55. The van der Waals surface area contributed by atoms with E-state index in [1.54, 1.807) is 12.4 Å². The number of amides is 1. The fourth-order valence-electron chi connectivity index (χ4n) is 4.70. The fourth-order valence-corrected chi connectivity index (χ4v) is 4.70. The Morgan fingerprint density at radius 1 is 1.00 bits per heavy atom. The molecule has 2 aromatic rings. The van der Waals surface area contributed by atoms with Gasteiger partial charge in [-0.3, -0.25) is 4.79 Å². The lowest BCUT2D eigenvalue weighted by Crippen LogP contribution is -2.40. The third-order valence-corrected chi connectivity index (χ3v) is 6.48. The molecule has 6 heteroatoms. The lowest BCUT2D eigenvalue weighted by Gasteiger charge is -2.36. The van der Waals surface area contributed by atoms with Gasteiger partial charge in [0.2, 0.25) is 0 Å². The second kappa shape index (κ2) is 10.7. The molecule has 4 rings (SSSR count). The maximum Gasteiger partial charge on any atom is 0.257 e. The first-order chi connectivity index (χ1) is 15.2. The Kier molecular flexibility index (Phi) is 7.52. The average Bonchev–Trinajstić information content (AvgIpc) is 2.80. The van der Waals surface area contributed by atoms with E-state index in [1.165, 1.54) is 37.8 Å². The normalized spacial score (nSPS) is 21.3. The highest BCUT2D eigenvalue weighted by atomic mass is 16.5. The number of aromatic nitrogens is 2. The lowest BCUT2D eigenvalue weighted by atomic mass is 9.95. The first kappa shape index (κ1) is 21.8. The van der Waals surface area contributed by atoms with E-state index in [9.17, 15) is 4.79 Å². The summed E-state index contributed by atoms with van der Waals surface area (Å²) in [5, 5.41) is 0. The van der Waals surface area contributed by atoms with Crippen LogP contribution in [0, 0.1) is 6.92 Å². The monoisotopic (exact) mass is 422 g/mol. The molecule has 1 aromatic carbocycles. The summed E-state index contributed by atoms with van der Waals surface area (Å²) in [7, 11) is 0. The second-order valence-corrected chi connectivity index (χ2v) is 8.74. The average molecular weight is 423 g/mol. The Morgan fingerprint density at radius 2 is 1.77 bits per heavy atom. The van der Waals surface area contributed by atoms with Crippen molar-refractivity contribution in [2.45, 2.75) is 57.9 Å². The van der Waals surface area contributed by atoms with Gasteiger partial charge in [-0.15, -0.1) is 0 Å². The first-order valence-electron chi connectivity index (χ1n) is 11.7. The highest BCUT2D eigenvalue weighted by Gasteiger charge is 2.22. The first-order valence-corrected chi connectivity index (χ1v) is 11.7. The van der Waals surface area contributed by atoms with E-state index in [0.29, 0.717) is 30.6 Å². The molecule has 2 bridgehead atoms. The van der Waals surface area contributed by atoms with Crippen molar-refractivity contribution >= 4 is 5.91 Å². The van der Waals surface area contributed by atoms with E-state index >= 15 is 0 Å². The molecule has 1 atom stereocenters. The van der Waals surface area contributed by atoms with Crippen molar-refractivity contribution in [3.8, 4) is 5.75 Å². The molecule has 0 spiro atoms. The van der Waals surface area contributed by atoms with Crippen LogP contribution in [0.4, 0.5) is 0 Å². The van der Waals surface area contributed by atoms with Crippen LogP contribution in [0.2, 0.25) is 0 Å². The molecule has 3 heterocycles. The zero-order chi connectivity index (χ0) is 21.5. The van der Waals surface area contributed by atoms with Crippen molar-refractivity contribution in [3.05, 3.63) is 53.6 Å². The molecule has 1 fully saturated rings. The molecule has 6 nitrogen and oxygen atoms in total. The number of benzene rings is 1. The van der Waals surface area contributed by atoms with Gasteiger partial charge in [0.05, 0.1) is 12.1 Å². The van der Waals surface area contributed by atoms with Crippen molar-refractivity contribution in [1.29, 1.82) is 0 Å². The van der Waals surface area contributed by atoms with Gasteiger partial charge in [-0.25, -0.2) is 9.97 Å². The molecular weight excluding hydrogens is 388 g/mol. The molecule has 0 N–H and O–H groups in total. The number of hydrogen-bond acceptors (Lipinski definition) is 5. The summed E-state index contributed by atoms with van der Waals surface area (Å²) in [5.41, 5.74) is 1.88. The van der Waals surface area contributed by atoms with E-state index in [1.807, 2.05) is 17.9 Å². The van der Waals surface area contributed by atoms with Crippen molar-refractivity contribution in [3.63, 3.8) is 0 Å². The van der Waals surface area contributed by atoms with E-state index in [-0.39, 0.29) is 5.91 Å². The zero-order valence-corrected chi connectivity index (χ0v) is 18.6. The quantitative estimate of drug-likeness (QED) is 0.698. The van der Waals surface area contributed by atoms with Crippen molar-refractivity contribution < 1.29 is 9.53 Å². The van der Waals surface area contributed by atoms with Gasteiger partial charge in [0.1, 0.15) is 18.2 Å². The van der Waals surface area contributed by atoms with Crippen LogP contribution in [0.1, 0.15) is 60.3 Å². The fraction of sp³-hybridized carbons (Fsp3) is 0.560. The van der Waals surface area contributed by atoms with Gasteiger partial charge in [-0.1, -0.05) is 18.6 Å². The summed E-state index contributed by atoms with van der Waals surface area (Å²) < 4.78 is 6.03. The van der Waals surface area contributed by atoms with E-state index in [4.69, 9.17) is 4.74 Å². The number of fused-ring (bicyclic) bond motifs is 3. The topological polar surface area (TPSA) is 58.6 Å². The molecule has 0 saturated carbocycles. The van der Waals surface area contributed by atoms with Crippen molar-refractivity contribution in [2.24, 2.45) is 0 Å². The van der Waals surface area contributed by atoms with Gasteiger partial charge >= 0.3 is 0 Å². The maximum absolute atomic E-state index is 13.1. The molecule has 31 heavy (non-hydrogen) atoms. The van der Waals surface area contributed by atoms with Crippen LogP contribution in [0.5, 0.6) is 5.75 Å². The number of carbonyl (C=O) groups excluding carboxylic acids is 1. The number of aryl methyl sites for hydroxylation is 2. The number of nitrogens with zero attached hydrogens (tertiary/aromatic N) is 4. The second-order valence-electron chi connectivity index (χ2n) is 8.74. The van der Waals surface area contributed by atoms with Crippen LogP contribution in [-0.4, -0.2) is 64.5 Å². The molecule has 2 aliphatic heterocycles. The highest BCUT2D eigenvalue weighted by Crippen LogP contribution is 2.23. The Bertz CT molecular complexity index is 855. The molecule has 0 radical (unpaired) electrons. The molecular formula is C25H34N4O2. The Labute approximate surface area is 185 Å². The van der Waals surface area contributed by atoms with Gasteiger partial charge in [0.25, 0.3) is 5.91 Å². The largest absolute Gasteiger partial charge is 0.492 e. The van der Waals surface area contributed by atoms with Gasteiger partial charge < -0.3 is 14.5 Å². The Hall–Kier alpha value is -2.47. The third-order valence-electron chi connectivity index (χ3n) is 6.48. The zero-order valence-electron chi connectivity index (χ0n) is 18.6. The summed E-state index contributed by atoms with van der Waals surface area (Å²) >= 11 is 0. The minimum Gasteiger partial charge on any atom is -0.492 e. The smallest absolute Gasteiger partial charge is 0.257 e. The SMILES string of the molecule is Cc1ncc(C(=O)N2CCCCN3CCCCC3CCc3cccc(c3)OCC2)cn1. The van der Waals surface area contributed by atoms with Crippen LogP contribution in [-0.2, 0) is 6.42 Å². The summed E-state index contributed by atoms with van der Waals surface area (Å²) in [6.07, 6.45) is 11.6. The molecule has 166 valence electrons. The van der Waals surface area contributed by atoms with Crippen LogP contribution < -0.4 is 4.74 Å². The van der Waals surface area contributed by atoms with Gasteiger partial charge in [-0.05, 0) is 76.2 Å². The predicted octanol–water partition coefficient (Wildman–Crippen LogP) is 3.89. The van der Waals surface area contributed by atoms with Gasteiger partial charge in [0.15, 0.2) is 0 Å². The molecule has 1 unspecified atom stereocenters. The standard InChI is InChI=1S/C25H34N4O2/c1-20-26-18-22(19-27-20)25(30)29-14-5-4-13-28-12-3-2-8-23(28)11-10-21-7-6-9-24(17-21)31-16-15-29/h6-7,9,17-19,23H,2-5,8,10-16H2,1H3. The molecule has 0 aliphatic carbocycles. The summed E-state index contributed by atoms with van der Waals surface area (Å²) in [4.78, 5) is 26.1. The molecule has 1 amide bonds. The van der Waals surface area contributed by atoms with Crippen LogP contribution in [0.25, 0.3) is 0 Å². The minimum atomic E-state index is -0.0162. The van der Waals surface area contributed by atoms with E-state index < -0.39 is 0 Å². The van der Waals surface area contributed by atoms with E-state index in [0.717, 1.165) is 38.1 Å². The molecule has 1 aromatic heterocycles. The van der Waals surface area contributed by atoms with Gasteiger partial charge in [0, 0.05) is 25.0 Å². The van der Waals surface area contributed by atoms with Gasteiger partial charge in [-0.2, -0.15) is 0 Å². The predicted molar refractivity (Wildman–Crippen MR) is 121 cm³/mol. The number of piperidine rings is 1. The van der Waals surface area contributed by atoms with Crippen LogP contribution in [0.3, 0.4) is 0 Å². The number of carbonyl (C=O) groups is 1. The summed E-state index contributed by atoms with van der Waals surface area (Å²) in [6.45, 7) is 5.93. The number of hydrogen-bond donors (Lipinski definition) is 0. The van der Waals surface area contributed by atoms with Crippen molar-refractivity contribution in [1.82, 2.24) is 19.8 Å². The Balaban J connectivity index is 1.48. The van der Waals surface area contributed by atoms with Crippen LogP contribution in [0.15, 0.2) is 36.7 Å². The van der Waals surface area contributed by atoms with E-state index in [2.05, 4.69) is 33.1 Å². The number of ether oxygens (including phenoxy) is 1. The number of rotatable bonds is 1. The molecule has 2 aliphatic rings. The van der Waals surface area contributed by atoms with Crippen LogP contribution >= 0.6 is 0 Å². The van der Waals surface area contributed by atoms with Crippen molar-refractivity contribution in [2.75, 3.05) is 32.8 Å². The minimum absolute atomic E-state index is 0.0162. The maximum atomic E-state index is 13.1. The summed E-state index contributed by atoms with van der Waals surface area (Å²) in [6, 6.07) is 9.12. The third kappa shape index (κ3) is 6.03. The Morgan fingerprint density at radius 3 is 2.61 bits per heavy atom. The molecule has 1 saturated heterocycles. The lowest BCUT2D eigenvalue weighted by molar-refractivity contribution is 0.0720. The highest BCUT2D eigenvalue weighted by molar-refractivity contribution is 5.93.